The maximum atomic E-state index is 15.0. The van der Waals surface area contributed by atoms with E-state index in [4.69, 9.17) is 9.15 Å². The SMILES string of the molecule is COc1ccc(C(=O)O)c(N2Cc3c(F)ccc(Nc4c(N[C@@H](c5ccc(C)o5)C(C)(C)I)c(=O)c4=O)c3C2=O)c1. The van der Waals surface area contributed by atoms with Gasteiger partial charge < -0.3 is 29.8 Å². The number of halogens is 2. The number of rotatable bonds is 9. The van der Waals surface area contributed by atoms with Crippen LogP contribution in [-0.4, -0.2) is 27.5 Å². The summed E-state index contributed by atoms with van der Waals surface area (Å²) in [6.45, 7) is 5.42. The van der Waals surface area contributed by atoms with E-state index in [9.17, 15) is 28.7 Å². The van der Waals surface area contributed by atoms with Crippen LogP contribution in [0.5, 0.6) is 5.75 Å². The lowest BCUT2D eigenvalue weighted by molar-refractivity contribution is 0.0697. The van der Waals surface area contributed by atoms with Gasteiger partial charge in [0.2, 0.25) is 0 Å². The zero-order valence-electron chi connectivity index (χ0n) is 22.4. The Morgan fingerprint density at radius 3 is 2.44 bits per heavy atom. The van der Waals surface area contributed by atoms with Gasteiger partial charge in [-0.15, -0.1) is 0 Å². The van der Waals surface area contributed by atoms with Crippen LogP contribution in [0, 0.1) is 12.7 Å². The van der Waals surface area contributed by atoms with E-state index in [1.54, 1.807) is 19.1 Å². The topological polar surface area (TPSA) is 138 Å². The van der Waals surface area contributed by atoms with E-state index >= 15 is 0 Å². The third kappa shape index (κ3) is 4.96. The number of amides is 1. The number of benzene rings is 2. The number of methoxy groups -OCH3 is 1. The fraction of sp³-hybridized carbons (Fsp3) is 0.241. The molecule has 0 saturated heterocycles. The number of anilines is 4. The minimum Gasteiger partial charge on any atom is -0.497 e. The quantitative estimate of drug-likeness (QED) is 0.123. The maximum Gasteiger partial charge on any atom is 0.337 e. The fourth-order valence-corrected chi connectivity index (χ4v) is 5.31. The highest BCUT2D eigenvalue weighted by Crippen LogP contribution is 2.41. The average Bonchev–Trinajstić information content (AvgIpc) is 3.51. The minimum atomic E-state index is -1.27. The zero-order valence-corrected chi connectivity index (χ0v) is 24.6. The predicted octanol–water partition coefficient (Wildman–Crippen LogP) is 5.30. The van der Waals surface area contributed by atoms with Crippen molar-refractivity contribution < 1.29 is 28.2 Å². The molecular formula is C29H25FIN3O7. The van der Waals surface area contributed by atoms with E-state index < -0.39 is 38.0 Å². The zero-order chi connectivity index (χ0) is 29.8. The van der Waals surface area contributed by atoms with Crippen molar-refractivity contribution in [1.82, 2.24) is 0 Å². The summed E-state index contributed by atoms with van der Waals surface area (Å²) in [5.74, 6) is -1.06. The van der Waals surface area contributed by atoms with Crippen molar-refractivity contribution in [1.29, 1.82) is 0 Å². The molecule has 1 atom stereocenters. The molecule has 12 heteroatoms. The first-order valence-electron chi connectivity index (χ1n) is 12.5. The summed E-state index contributed by atoms with van der Waals surface area (Å²) in [4.78, 5) is 52.0. The van der Waals surface area contributed by atoms with E-state index in [-0.39, 0.29) is 46.0 Å². The van der Waals surface area contributed by atoms with E-state index in [1.807, 2.05) is 13.8 Å². The van der Waals surface area contributed by atoms with Gasteiger partial charge in [-0.25, -0.2) is 9.18 Å². The first-order valence-corrected chi connectivity index (χ1v) is 13.6. The Hall–Kier alpha value is -4.20. The fourth-order valence-electron chi connectivity index (χ4n) is 4.84. The van der Waals surface area contributed by atoms with Crippen LogP contribution in [0.4, 0.5) is 27.1 Å². The molecule has 0 unspecified atom stereocenters. The Morgan fingerprint density at radius 2 is 1.83 bits per heavy atom. The van der Waals surface area contributed by atoms with Crippen LogP contribution in [-0.2, 0) is 6.54 Å². The molecule has 4 aromatic rings. The van der Waals surface area contributed by atoms with Gasteiger partial charge in [0.15, 0.2) is 0 Å². The number of carboxylic acid groups (broad SMARTS) is 1. The molecule has 0 spiro atoms. The molecule has 1 amide bonds. The number of nitrogens with zero attached hydrogens (tertiary/aromatic N) is 1. The lowest BCUT2D eigenvalue weighted by Gasteiger charge is -2.30. The van der Waals surface area contributed by atoms with E-state index in [0.29, 0.717) is 17.3 Å². The summed E-state index contributed by atoms with van der Waals surface area (Å²) in [7, 11) is 1.40. The second kappa shape index (κ2) is 10.3. The average molecular weight is 673 g/mol. The van der Waals surface area contributed by atoms with Crippen LogP contribution in [0.3, 0.4) is 0 Å². The summed E-state index contributed by atoms with van der Waals surface area (Å²) in [6, 6.07) is 9.68. The molecule has 1 aliphatic heterocycles. The van der Waals surface area contributed by atoms with Crippen molar-refractivity contribution in [3.8, 4) is 5.75 Å². The summed E-state index contributed by atoms with van der Waals surface area (Å²) in [5, 5.41) is 15.7. The number of aryl methyl sites for hydroxylation is 1. The molecule has 5 rings (SSSR count). The number of aromatic carboxylic acids is 1. The third-order valence-corrected chi connectivity index (χ3v) is 7.57. The number of carbonyl (C=O) groups excluding carboxylic acids is 1. The van der Waals surface area contributed by atoms with Gasteiger partial charge in [0.05, 0.1) is 42.2 Å². The second-order valence-corrected chi connectivity index (χ2v) is 12.9. The lowest BCUT2D eigenvalue weighted by Crippen LogP contribution is -2.40. The predicted molar refractivity (Wildman–Crippen MR) is 159 cm³/mol. The number of hydrogen-bond donors (Lipinski definition) is 3. The summed E-state index contributed by atoms with van der Waals surface area (Å²) in [5.41, 5.74) is -1.69. The van der Waals surface area contributed by atoms with Crippen LogP contribution in [0.2, 0.25) is 0 Å². The van der Waals surface area contributed by atoms with Gasteiger partial charge in [0.25, 0.3) is 16.8 Å². The van der Waals surface area contributed by atoms with Crippen LogP contribution in [0.15, 0.2) is 56.5 Å². The van der Waals surface area contributed by atoms with Gasteiger partial charge in [0.1, 0.15) is 34.5 Å². The molecule has 0 bridgehead atoms. The Morgan fingerprint density at radius 1 is 1.12 bits per heavy atom. The highest BCUT2D eigenvalue weighted by Gasteiger charge is 2.38. The molecule has 2 heterocycles. The lowest BCUT2D eigenvalue weighted by atomic mass is 10.00. The van der Waals surface area contributed by atoms with Gasteiger partial charge in [-0.05, 0) is 57.2 Å². The molecule has 0 saturated carbocycles. The van der Waals surface area contributed by atoms with Crippen molar-refractivity contribution in [2.24, 2.45) is 0 Å². The monoisotopic (exact) mass is 673 g/mol. The van der Waals surface area contributed by atoms with Crippen LogP contribution < -0.4 is 31.1 Å². The second-order valence-electron chi connectivity index (χ2n) is 10.2. The first kappa shape index (κ1) is 28.3. The largest absolute Gasteiger partial charge is 0.497 e. The van der Waals surface area contributed by atoms with Gasteiger partial charge >= 0.3 is 5.97 Å². The molecule has 10 nitrogen and oxygen atoms in total. The molecule has 3 N–H and O–H groups in total. The summed E-state index contributed by atoms with van der Waals surface area (Å²) >= 11 is 2.21. The van der Waals surface area contributed by atoms with Gasteiger partial charge in [-0.2, -0.15) is 0 Å². The maximum absolute atomic E-state index is 15.0. The molecule has 0 fully saturated rings. The number of fused-ring (bicyclic) bond motifs is 1. The smallest absolute Gasteiger partial charge is 0.337 e. The van der Waals surface area contributed by atoms with Crippen molar-refractivity contribution in [3.63, 3.8) is 0 Å². The van der Waals surface area contributed by atoms with Gasteiger partial charge in [-0.3, -0.25) is 14.4 Å². The molecule has 0 aliphatic carbocycles. The standard InChI is InChI=1S/C29H25FIN3O7/c1-13-5-10-20(41-13)26(29(2,3)31)33-23-22(24(35)25(23)36)32-18-9-8-17(30)16-12-34(27(37)21(16)18)19-11-14(40-4)6-7-15(19)28(38)39/h5-11,26,32-33H,12H2,1-4H3,(H,38,39)/t26-/m0/s1. The molecule has 1 aliphatic rings. The van der Waals surface area contributed by atoms with Gasteiger partial charge in [0, 0.05) is 15.1 Å². The number of carbonyl (C=O) groups is 2. The van der Waals surface area contributed by atoms with Crippen LogP contribution in [0.25, 0.3) is 0 Å². The van der Waals surface area contributed by atoms with Crippen molar-refractivity contribution in [3.05, 3.63) is 96.9 Å². The number of carboxylic acids is 1. The molecule has 0 radical (unpaired) electrons. The highest BCUT2D eigenvalue weighted by molar-refractivity contribution is 14.1. The number of nitrogens with one attached hydrogen (secondary N) is 2. The Balaban J connectivity index is 1.52. The Kier molecular flexibility index (Phi) is 7.14. The molecule has 1 aromatic heterocycles. The van der Waals surface area contributed by atoms with Gasteiger partial charge in [-0.1, -0.05) is 22.6 Å². The molecule has 41 heavy (non-hydrogen) atoms. The molecule has 212 valence electrons. The molecular weight excluding hydrogens is 648 g/mol. The van der Waals surface area contributed by atoms with Crippen molar-refractivity contribution in [2.45, 2.75) is 36.8 Å². The third-order valence-electron chi connectivity index (χ3n) is 6.95. The summed E-state index contributed by atoms with van der Waals surface area (Å²) < 4.78 is 25.5. The number of furan rings is 1. The number of ether oxygens (including phenoxy) is 1. The Bertz CT molecular complexity index is 1780. The highest BCUT2D eigenvalue weighted by atomic mass is 127. The van der Waals surface area contributed by atoms with E-state index in [2.05, 4.69) is 33.2 Å². The normalized spacial score (nSPS) is 13.8. The number of hydrogen-bond acceptors (Lipinski definition) is 8. The van der Waals surface area contributed by atoms with Crippen LogP contribution >= 0.6 is 22.6 Å². The van der Waals surface area contributed by atoms with E-state index in [0.717, 1.165) is 11.0 Å². The first-order chi connectivity index (χ1) is 19.3. The van der Waals surface area contributed by atoms with Crippen molar-refractivity contribution >= 4 is 57.2 Å². The van der Waals surface area contributed by atoms with E-state index in [1.165, 1.54) is 31.4 Å². The number of alkyl halides is 1. The summed E-state index contributed by atoms with van der Waals surface area (Å²) in [6.07, 6.45) is 0. The molecule has 3 aromatic carbocycles. The van der Waals surface area contributed by atoms with Crippen LogP contribution in [0.1, 0.15) is 57.7 Å². The van der Waals surface area contributed by atoms with Crippen molar-refractivity contribution in [2.75, 3.05) is 22.6 Å². The Labute approximate surface area is 246 Å². The minimum absolute atomic E-state index is 0.0140.